The summed E-state index contributed by atoms with van der Waals surface area (Å²) in [5, 5.41) is 12.7. The van der Waals surface area contributed by atoms with Crippen LogP contribution in [0.25, 0.3) is 0 Å². The molecule has 1 saturated carbocycles. The molecule has 2 N–H and O–H groups in total. The van der Waals surface area contributed by atoms with E-state index in [4.69, 9.17) is 5.11 Å². The van der Waals surface area contributed by atoms with Crippen LogP contribution in [0, 0.1) is 6.92 Å². The van der Waals surface area contributed by atoms with Gasteiger partial charge in [0, 0.05) is 24.7 Å². The first-order chi connectivity index (χ1) is 9.53. The standard InChI is InChI=1S/C17H28N2O/c1-14-4-6-16(7-5-14)12-17(8-9-17)18-15(2)13-19(3)10-11-20/h4-7,15,18,20H,8-13H2,1-3H3/t15-/m0/s1. The van der Waals surface area contributed by atoms with E-state index in [2.05, 4.69) is 55.4 Å². The van der Waals surface area contributed by atoms with E-state index in [-0.39, 0.29) is 6.61 Å². The van der Waals surface area contributed by atoms with Gasteiger partial charge < -0.3 is 15.3 Å². The molecule has 1 fully saturated rings. The molecule has 0 saturated heterocycles. The van der Waals surface area contributed by atoms with Gasteiger partial charge in [0.15, 0.2) is 0 Å². The Morgan fingerprint density at radius 2 is 1.95 bits per heavy atom. The summed E-state index contributed by atoms with van der Waals surface area (Å²) in [6.45, 7) is 6.34. The summed E-state index contributed by atoms with van der Waals surface area (Å²) in [6.07, 6.45) is 3.67. The summed E-state index contributed by atoms with van der Waals surface area (Å²) in [5.41, 5.74) is 3.07. The number of hydrogen-bond acceptors (Lipinski definition) is 3. The van der Waals surface area contributed by atoms with Crippen molar-refractivity contribution in [1.29, 1.82) is 0 Å². The van der Waals surface area contributed by atoms with Crippen LogP contribution in [0.3, 0.4) is 0 Å². The van der Waals surface area contributed by atoms with Crippen molar-refractivity contribution in [2.45, 2.75) is 44.7 Å². The van der Waals surface area contributed by atoms with Crippen molar-refractivity contribution in [2.24, 2.45) is 0 Å². The number of aryl methyl sites for hydroxylation is 1. The highest BCUT2D eigenvalue weighted by atomic mass is 16.3. The van der Waals surface area contributed by atoms with Crippen molar-refractivity contribution in [1.82, 2.24) is 10.2 Å². The molecular formula is C17H28N2O. The highest BCUT2D eigenvalue weighted by Crippen LogP contribution is 2.39. The van der Waals surface area contributed by atoms with Crippen LogP contribution in [0.4, 0.5) is 0 Å². The monoisotopic (exact) mass is 276 g/mol. The van der Waals surface area contributed by atoms with Crippen LogP contribution in [0.15, 0.2) is 24.3 Å². The molecule has 0 heterocycles. The van der Waals surface area contributed by atoms with Gasteiger partial charge in [0.05, 0.1) is 6.61 Å². The van der Waals surface area contributed by atoms with E-state index in [0.717, 1.165) is 19.5 Å². The van der Waals surface area contributed by atoms with Gasteiger partial charge in [0.1, 0.15) is 0 Å². The van der Waals surface area contributed by atoms with Gasteiger partial charge in [-0.05, 0) is 45.7 Å². The highest BCUT2D eigenvalue weighted by molar-refractivity contribution is 5.25. The molecule has 0 unspecified atom stereocenters. The van der Waals surface area contributed by atoms with Gasteiger partial charge in [-0.2, -0.15) is 0 Å². The van der Waals surface area contributed by atoms with Gasteiger partial charge in [-0.25, -0.2) is 0 Å². The molecule has 112 valence electrons. The van der Waals surface area contributed by atoms with Crippen LogP contribution in [0.5, 0.6) is 0 Å². The maximum absolute atomic E-state index is 8.95. The fourth-order valence-electron chi connectivity index (χ4n) is 2.92. The van der Waals surface area contributed by atoms with E-state index in [1.165, 1.54) is 24.0 Å². The lowest BCUT2D eigenvalue weighted by atomic mass is 10.0. The molecule has 1 aliphatic rings. The zero-order valence-electron chi connectivity index (χ0n) is 13.0. The number of rotatable bonds is 8. The van der Waals surface area contributed by atoms with E-state index >= 15 is 0 Å². The molecule has 20 heavy (non-hydrogen) atoms. The topological polar surface area (TPSA) is 35.5 Å². The Morgan fingerprint density at radius 1 is 1.30 bits per heavy atom. The maximum Gasteiger partial charge on any atom is 0.0558 e. The van der Waals surface area contributed by atoms with Crippen molar-refractivity contribution in [2.75, 3.05) is 26.7 Å². The maximum atomic E-state index is 8.95. The largest absolute Gasteiger partial charge is 0.395 e. The summed E-state index contributed by atoms with van der Waals surface area (Å²) in [5.74, 6) is 0. The average molecular weight is 276 g/mol. The summed E-state index contributed by atoms with van der Waals surface area (Å²) in [6, 6.07) is 9.35. The Bertz CT molecular complexity index is 412. The van der Waals surface area contributed by atoms with Crippen molar-refractivity contribution in [3.63, 3.8) is 0 Å². The predicted octanol–water partition coefficient (Wildman–Crippen LogP) is 1.97. The molecule has 1 atom stereocenters. The van der Waals surface area contributed by atoms with Gasteiger partial charge in [-0.15, -0.1) is 0 Å². The van der Waals surface area contributed by atoms with Crippen LogP contribution in [-0.4, -0.2) is 48.3 Å². The minimum Gasteiger partial charge on any atom is -0.395 e. The van der Waals surface area contributed by atoms with E-state index in [9.17, 15) is 0 Å². The summed E-state index contributed by atoms with van der Waals surface area (Å²) >= 11 is 0. The molecule has 1 aromatic rings. The molecular weight excluding hydrogens is 248 g/mol. The normalized spacial score (nSPS) is 18.2. The van der Waals surface area contributed by atoms with Crippen LogP contribution in [-0.2, 0) is 6.42 Å². The van der Waals surface area contributed by atoms with E-state index in [1.807, 2.05) is 0 Å². The minimum atomic E-state index is 0.234. The third-order valence-electron chi connectivity index (χ3n) is 4.14. The average Bonchev–Trinajstić information content (AvgIpc) is 3.11. The van der Waals surface area contributed by atoms with Gasteiger partial charge >= 0.3 is 0 Å². The molecule has 0 aromatic heterocycles. The van der Waals surface area contributed by atoms with Crippen molar-refractivity contribution >= 4 is 0 Å². The Kier molecular flexibility index (Phi) is 5.19. The quantitative estimate of drug-likeness (QED) is 0.762. The first kappa shape index (κ1) is 15.5. The third kappa shape index (κ3) is 4.58. The lowest BCUT2D eigenvalue weighted by Gasteiger charge is -2.26. The molecule has 2 rings (SSSR count). The van der Waals surface area contributed by atoms with E-state index in [0.29, 0.717) is 11.6 Å². The summed E-state index contributed by atoms with van der Waals surface area (Å²) < 4.78 is 0. The SMILES string of the molecule is Cc1ccc(CC2(N[C@@H](C)CN(C)CCO)CC2)cc1. The smallest absolute Gasteiger partial charge is 0.0558 e. The third-order valence-corrected chi connectivity index (χ3v) is 4.14. The second kappa shape index (κ2) is 6.70. The molecule has 1 aliphatic carbocycles. The Labute approximate surface area is 123 Å². The number of hydrogen-bond donors (Lipinski definition) is 2. The molecule has 1 aromatic carbocycles. The van der Waals surface area contributed by atoms with Crippen molar-refractivity contribution in [3.05, 3.63) is 35.4 Å². The number of benzene rings is 1. The first-order valence-electron chi connectivity index (χ1n) is 7.66. The number of likely N-dealkylation sites (N-methyl/N-ethyl adjacent to an activating group) is 1. The molecule has 0 aliphatic heterocycles. The zero-order chi connectivity index (χ0) is 14.6. The Hall–Kier alpha value is -0.900. The van der Waals surface area contributed by atoms with Crippen molar-refractivity contribution < 1.29 is 5.11 Å². The first-order valence-corrected chi connectivity index (χ1v) is 7.66. The fourth-order valence-corrected chi connectivity index (χ4v) is 2.92. The highest BCUT2D eigenvalue weighted by Gasteiger charge is 2.43. The predicted molar refractivity (Wildman–Crippen MR) is 84.0 cm³/mol. The van der Waals surface area contributed by atoms with Crippen LogP contribution >= 0.6 is 0 Å². The molecule has 0 radical (unpaired) electrons. The van der Waals surface area contributed by atoms with Gasteiger partial charge in [-0.3, -0.25) is 0 Å². The number of nitrogens with one attached hydrogen (secondary N) is 1. The number of aliphatic hydroxyl groups is 1. The van der Waals surface area contributed by atoms with Crippen LogP contribution < -0.4 is 5.32 Å². The lowest BCUT2D eigenvalue weighted by Crippen LogP contribution is -2.45. The Balaban J connectivity index is 1.83. The molecule has 0 spiro atoms. The fraction of sp³-hybridized carbons (Fsp3) is 0.647. The van der Waals surface area contributed by atoms with Gasteiger partial charge in [-0.1, -0.05) is 29.8 Å². The molecule has 3 heteroatoms. The second-order valence-electron chi connectivity index (χ2n) is 6.47. The van der Waals surface area contributed by atoms with Crippen molar-refractivity contribution in [3.8, 4) is 0 Å². The molecule has 0 amide bonds. The van der Waals surface area contributed by atoms with E-state index < -0.39 is 0 Å². The lowest BCUT2D eigenvalue weighted by molar-refractivity contribution is 0.206. The van der Waals surface area contributed by atoms with Gasteiger partial charge in [0.25, 0.3) is 0 Å². The molecule has 0 bridgehead atoms. The van der Waals surface area contributed by atoms with Crippen LogP contribution in [0.2, 0.25) is 0 Å². The minimum absolute atomic E-state index is 0.234. The number of nitrogens with zero attached hydrogens (tertiary/aromatic N) is 1. The second-order valence-corrected chi connectivity index (χ2v) is 6.47. The van der Waals surface area contributed by atoms with Gasteiger partial charge in [0.2, 0.25) is 0 Å². The van der Waals surface area contributed by atoms with Crippen LogP contribution in [0.1, 0.15) is 30.9 Å². The summed E-state index contributed by atoms with van der Waals surface area (Å²) in [7, 11) is 2.06. The molecule has 3 nitrogen and oxygen atoms in total. The number of aliphatic hydroxyl groups excluding tert-OH is 1. The Morgan fingerprint density at radius 3 is 2.50 bits per heavy atom. The zero-order valence-corrected chi connectivity index (χ0v) is 13.0. The summed E-state index contributed by atoms with van der Waals surface area (Å²) in [4.78, 5) is 2.18. The van der Waals surface area contributed by atoms with E-state index in [1.54, 1.807) is 0 Å².